The molecule has 24 heavy (non-hydrogen) atoms. The molecule has 0 unspecified atom stereocenters. The number of nitrogens with zero attached hydrogens (tertiary/aromatic N) is 1. The quantitative estimate of drug-likeness (QED) is 0.857. The van der Waals surface area contributed by atoms with Crippen molar-refractivity contribution in [1.82, 2.24) is 10.6 Å². The molecule has 5 nitrogen and oxygen atoms in total. The highest BCUT2D eigenvalue weighted by Gasteiger charge is 2.11. The molecule has 2 rings (SSSR count). The van der Waals surface area contributed by atoms with E-state index in [1.54, 1.807) is 19.1 Å². The number of carbonyl (C=O) groups excluding carboxylic acids is 2. The van der Waals surface area contributed by atoms with Gasteiger partial charge in [0.15, 0.2) is 0 Å². The van der Waals surface area contributed by atoms with Crippen LogP contribution in [0, 0.1) is 11.3 Å². The lowest BCUT2D eigenvalue weighted by Crippen LogP contribution is -2.41. The van der Waals surface area contributed by atoms with Crippen LogP contribution in [0.3, 0.4) is 0 Å². The Morgan fingerprint density at radius 2 is 1.67 bits per heavy atom. The van der Waals surface area contributed by atoms with Crippen LogP contribution in [0.15, 0.2) is 54.6 Å². The van der Waals surface area contributed by atoms with E-state index in [-0.39, 0.29) is 18.4 Å². The molecule has 0 aliphatic carbocycles. The first-order chi connectivity index (χ1) is 11.6. The fourth-order valence-electron chi connectivity index (χ4n) is 2.18. The standard InChI is InChI=1S/C19H19N3O2/c1-2-17(12-20)22-18(23)13-21-19(24)16-10-8-15(9-11-16)14-6-4-3-5-7-14/h3-11,17H,2,13H2,1H3,(H,21,24)(H,22,23)/t17-/m1/s1. The molecule has 2 aromatic rings. The Labute approximate surface area is 141 Å². The molecule has 2 N–H and O–H groups in total. The largest absolute Gasteiger partial charge is 0.343 e. The van der Waals surface area contributed by atoms with Crippen molar-refractivity contribution in [3.8, 4) is 17.2 Å². The van der Waals surface area contributed by atoms with Crippen LogP contribution >= 0.6 is 0 Å². The van der Waals surface area contributed by atoms with Gasteiger partial charge in [0.05, 0.1) is 12.6 Å². The summed E-state index contributed by atoms with van der Waals surface area (Å²) in [7, 11) is 0. The maximum Gasteiger partial charge on any atom is 0.251 e. The number of rotatable bonds is 6. The second-order valence-corrected chi connectivity index (χ2v) is 5.28. The summed E-state index contributed by atoms with van der Waals surface area (Å²) in [6.45, 7) is 1.65. The van der Waals surface area contributed by atoms with Gasteiger partial charge in [0.2, 0.25) is 5.91 Å². The van der Waals surface area contributed by atoms with Crippen molar-refractivity contribution in [2.75, 3.05) is 6.54 Å². The first kappa shape index (κ1) is 17.2. The number of amides is 2. The topological polar surface area (TPSA) is 82.0 Å². The van der Waals surface area contributed by atoms with Gasteiger partial charge in [-0.2, -0.15) is 5.26 Å². The van der Waals surface area contributed by atoms with Crippen molar-refractivity contribution in [3.05, 3.63) is 60.2 Å². The van der Waals surface area contributed by atoms with Crippen LogP contribution in [-0.4, -0.2) is 24.4 Å². The molecule has 0 bridgehead atoms. The maximum atomic E-state index is 12.1. The molecule has 0 spiro atoms. The normalized spacial score (nSPS) is 11.2. The molecule has 0 aromatic heterocycles. The van der Waals surface area contributed by atoms with Crippen LogP contribution in [0.2, 0.25) is 0 Å². The minimum Gasteiger partial charge on any atom is -0.343 e. The lowest BCUT2D eigenvalue weighted by molar-refractivity contribution is -0.120. The van der Waals surface area contributed by atoms with Crippen molar-refractivity contribution in [3.63, 3.8) is 0 Å². The first-order valence-electron chi connectivity index (χ1n) is 7.76. The molecule has 0 radical (unpaired) electrons. The van der Waals surface area contributed by atoms with Gasteiger partial charge in [0.25, 0.3) is 5.91 Å². The predicted octanol–water partition coefficient (Wildman–Crippen LogP) is 2.50. The summed E-state index contributed by atoms with van der Waals surface area (Å²) in [6.07, 6.45) is 0.525. The van der Waals surface area contributed by atoms with E-state index in [0.29, 0.717) is 12.0 Å². The third kappa shape index (κ3) is 4.68. The molecule has 0 aliphatic heterocycles. The van der Waals surface area contributed by atoms with Crippen LogP contribution in [0.25, 0.3) is 11.1 Å². The Bertz CT molecular complexity index is 733. The first-order valence-corrected chi connectivity index (χ1v) is 7.76. The van der Waals surface area contributed by atoms with E-state index in [9.17, 15) is 9.59 Å². The zero-order chi connectivity index (χ0) is 17.4. The van der Waals surface area contributed by atoms with E-state index in [1.807, 2.05) is 48.5 Å². The minimum atomic E-state index is -0.528. The van der Waals surface area contributed by atoms with Crippen molar-refractivity contribution < 1.29 is 9.59 Å². The van der Waals surface area contributed by atoms with Gasteiger partial charge in [0.1, 0.15) is 6.04 Å². The molecule has 5 heteroatoms. The monoisotopic (exact) mass is 321 g/mol. The fraction of sp³-hybridized carbons (Fsp3) is 0.211. The molecular formula is C19H19N3O2. The lowest BCUT2D eigenvalue weighted by atomic mass is 10.0. The molecule has 1 atom stereocenters. The molecule has 0 fully saturated rings. The number of hydrogen-bond donors (Lipinski definition) is 2. The summed E-state index contributed by atoms with van der Waals surface area (Å²) in [6, 6.07) is 18.5. The minimum absolute atomic E-state index is 0.155. The van der Waals surface area contributed by atoms with Crippen LogP contribution in [0.4, 0.5) is 0 Å². The second kappa shape index (κ2) is 8.49. The molecule has 2 aromatic carbocycles. The van der Waals surface area contributed by atoms with Crippen molar-refractivity contribution in [2.24, 2.45) is 0 Å². The van der Waals surface area contributed by atoms with E-state index >= 15 is 0 Å². The van der Waals surface area contributed by atoms with Gasteiger partial charge in [-0.05, 0) is 29.7 Å². The maximum absolute atomic E-state index is 12.1. The van der Waals surface area contributed by atoms with E-state index in [1.165, 1.54) is 0 Å². The van der Waals surface area contributed by atoms with E-state index < -0.39 is 6.04 Å². The number of hydrogen-bond acceptors (Lipinski definition) is 3. The summed E-state index contributed by atoms with van der Waals surface area (Å²) >= 11 is 0. The van der Waals surface area contributed by atoms with Crippen molar-refractivity contribution in [2.45, 2.75) is 19.4 Å². The zero-order valence-electron chi connectivity index (χ0n) is 13.5. The van der Waals surface area contributed by atoms with Gasteiger partial charge in [-0.15, -0.1) is 0 Å². The highest BCUT2D eigenvalue weighted by atomic mass is 16.2. The number of nitrogens with one attached hydrogen (secondary N) is 2. The SMILES string of the molecule is CC[C@H](C#N)NC(=O)CNC(=O)c1ccc(-c2ccccc2)cc1. The Morgan fingerprint density at radius 3 is 2.25 bits per heavy atom. The van der Waals surface area contributed by atoms with Crippen LogP contribution < -0.4 is 10.6 Å². The van der Waals surface area contributed by atoms with Gasteiger partial charge in [-0.1, -0.05) is 49.4 Å². The molecule has 0 saturated carbocycles. The number of benzene rings is 2. The Balaban J connectivity index is 1.91. The molecule has 0 heterocycles. The fourth-order valence-corrected chi connectivity index (χ4v) is 2.18. The Morgan fingerprint density at radius 1 is 1.04 bits per heavy atom. The molecule has 122 valence electrons. The Hall–Kier alpha value is -3.13. The highest BCUT2D eigenvalue weighted by molar-refractivity contribution is 5.96. The molecule has 0 aliphatic rings. The second-order valence-electron chi connectivity index (χ2n) is 5.28. The van der Waals surface area contributed by atoms with Gasteiger partial charge in [-0.25, -0.2) is 0 Å². The number of carbonyl (C=O) groups is 2. The van der Waals surface area contributed by atoms with Crippen LogP contribution in [0.5, 0.6) is 0 Å². The van der Waals surface area contributed by atoms with Crippen molar-refractivity contribution in [1.29, 1.82) is 5.26 Å². The van der Waals surface area contributed by atoms with E-state index in [0.717, 1.165) is 11.1 Å². The lowest BCUT2D eigenvalue weighted by Gasteiger charge is -2.10. The predicted molar refractivity (Wildman–Crippen MR) is 92.0 cm³/mol. The molecular weight excluding hydrogens is 302 g/mol. The molecule has 2 amide bonds. The Kier molecular flexibility index (Phi) is 6.09. The average molecular weight is 321 g/mol. The third-order valence-corrected chi connectivity index (χ3v) is 3.56. The smallest absolute Gasteiger partial charge is 0.251 e. The zero-order valence-corrected chi connectivity index (χ0v) is 13.5. The summed E-state index contributed by atoms with van der Waals surface area (Å²) in [5.41, 5.74) is 2.57. The van der Waals surface area contributed by atoms with Crippen LogP contribution in [-0.2, 0) is 4.79 Å². The van der Waals surface area contributed by atoms with Crippen molar-refractivity contribution >= 4 is 11.8 Å². The summed E-state index contributed by atoms with van der Waals surface area (Å²) in [4.78, 5) is 23.7. The van der Waals surface area contributed by atoms with Gasteiger partial charge in [0, 0.05) is 5.56 Å². The van der Waals surface area contributed by atoms with Crippen LogP contribution in [0.1, 0.15) is 23.7 Å². The summed E-state index contributed by atoms with van der Waals surface area (Å²) in [5.74, 6) is -0.701. The van der Waals surface area contributed by atoms with E-state index in [4.69, 9.17) is 5.26 Å². The average Bonchev–Trinajstić information content (AvgIpc) is 2.65. The van der Waals surface area contributed by atoms with Gasteiger partial charge in [-0.3, -0.25) is 9.59 Å². The molecule has 0 saturated heterocycles. The van der Waals surface area contributed by atoms with Gasteiger partial charge >= 0.3 is 0 Å². The third-order valence-electron chi connectivity index (χ3n) is 3.56. The number of nitriles is 1. The highest BCUT2D eigenvalue weighted by Crippen LogP contribution is 2.19. The van der Waals surface area contributed by atoms with Gasteiger partial charge < -0.3 is 10.6 Å². The van der Waals surface area contributed by atoms with E-state index in [2.05, 4.69) is 10.6 Å². The summed E-state index contributed by atoms with van der Waals surface area (Å²) < 4.78 is 0. The summed E-state index contributed by atoms with van der Waals surface area (Å²) in [5, 5.41) is 13.9.